The van der Waals surface area contributed by atoms with Gasteiger partial charge in [-0.1, -0.05) is 11.2 Å². The first-order chi connectivity index (χ1) is 12.8. The van der Waals surface area contributed by atoms with Crippen LogP contribution in [0, 0.1) is 6.92 Å². The maximum Gasteiger partial charge on any atom is 0.339 e. The third-order valence-corrected chi connectivity index (χ3v) is 4.96. The summed E-state index contributed by atoms with van der Waals surface area (Å²) in [5.74, 6) is -0.220. The molecule has 0 saturated heterocycles. The lowest BCUT2D eigenvalue weighted by molar-refractivity contribution is 0.0264. The minimum atomic E-state index is -3.44. The summed E-state index contributed by atoms with van der Waals surface area (Å²) >= 11 is 0. The Hall–Kier alpha value is -3.07. The second kappa shape index (κ2) is 7.28. The summed E-state index contributed by atoms with van der Waals surface area (Å²) in [6.45, 7) is 3.29. The average Bonchev–Trinajstić information content (AvgIpc) is 3.12. The van der Waals surface area contributed by atoms with Crippen LogP contribution in [0.5, 0.6) is 0 Å². The van der Waals surface area contributed by atoms with Crippen molar-refractivity contribution in [2.24, 2.45) is 0 Å². The molecule has 9 heteroatoms. The molecule has 0 N–H and O–H groups in total. The van der Waals surface area contributed by atoms with E-state index in [1.165, 1.54) is 12.1 Å². The molecule has 1 aromatic carbocycles. The number of hydrogen-bond acceptors (Lipinski definition) is 8. The minimum Gasteiger partial charge on any atom is -0.449 e. The van der Waals surface area contributed by atoms with Crippen LogP contribution in [0.1, 0.15) is 34.8 Å². The van der Waals surface area contributed by atoms with E-state index < -0.39 is 21.9 Å². The maximum atomic E-state index is 12.5. The lowest BCUT2D eigenvalue weighted by atomic mass is 10.1. The quantitative estimate of drug-likeness (QED) is 0.614. The molecule has 3 aromatic rings. The Bertz CT molecular complexity index is 1080. The molecular formula is C18H17N3O5S. The van der Waals surface area contributed by atoms with Crippen LogP contribution in [0.2, 0.25) is 0 Å². The van der Waals surface area contributed by atoms with Crippen molar-refractivity contribution >= 4 is 15.8 Å². The summed E-state index contributed by atoms with van der Waals surface area (Å²) in [6, 6.07) is 7.83. The van der Waals surface area contributed by atoms with Crippen molar-refractivity contribution in [3.63, 3.8) is 0 Å². The Morgan fingerprint density at radius 3 is 2.70 bits per heavy atom. The molecule has 0 amide bonds. The number of aromatic nitrogens is 3. The van der Waals surface area contributed by atoms with E-state index in [1.54, 1.807) is 44.4 Å². The van der Waals surface area contributed by atoms with E-state index in [0.717, 1.165) is 6.26 Å². The van der Waals surface area contributed by atoms with Crippen molar-refractivity contribution in [3.05, 3.63) is 59.7 Å². The molecule has 27 heavy (non-hydrogen) atoms. The molecule has 2 heterocycles. The normalized spacial score (nSPS) is 12.6. The number of ether oxygens (including phenoxy) is 1. The van der Waals surface area contributed by atoms with Crippen LogP contribution in [0.3, 0.4) is 0 Å². The van der Waals surface area contributed by atoms with Gasteiger partial charge in [-0.3, -0.25) is 4.98 Å². The van der Waals surface area contributed by atoms with Gasteiger partial charge in [-0.2, -0.15) is 4.98 Å². The average molecular weight is 387 g/mol. The fourth-order valence-electron chi connectivity index (χ4n) is 2.34. The summed E-state index contributed by atoms with van der Waals surface area (Å²) < 4.78 is 34.0. The predicted octanol–water partition coefficient (Wildman–Crippen LogP) is 2.76. The molecular weight excluding hydrogens is 370 g/mol. The van der Waals surface area contributed by atoms with Crippen LogP contribution in [-0.4, -0.2) is 35.8 Å². The van der Waals surface area contributed by atoms with Crippen molar-refractivity contribution in [2.75, 3.05) is 6.26 Å². The Labute approximate surface area is 156 Å². The van der Waals surface area contributed by atoms with E-state index in [-0.39, 0.29) is 16.3 Å². The smallest absolute Gasteiger partial charge is 0.339 e. The van der Waals surface area contributed by atoms with Crippen LogP contribution in [0.25, 0.3) is 11.4 Å². The molecule has 0 bridgehead atoms. The number of carbonyl (C=O) groups is 1. The van der Waals surface area contributed by atoms with Gasteiger partial charge in [0, 0.05) is 24.2 Å². The summed E-state index contributed by atoms with van der Waals surface area (Å²) in [5.41, 5.74) is 1.43. The Morgan fingerprint density at radius 2 is 2.04 bits per heavy atom. The number of pyridine rings is 1. The molecule has 0 aliphatic rings. The van der Waals surface area contributed by atoms with Gasteiger partial charge in [0.2, 0.25) is 5.82 Å². The zero-order chi connectivity index (χ0) is 19.6. The number of esters is 1. The number of nitrogens with zero attached hydrogens (tertiary/aromatic N) is 3. The number of carbonyl (C=O) groups excluding carboxylic acids is 1. The molecule has 8 nitrogen and oxygen atoms in total. The highest BCUT2D eigenvalue weighted by molar-refractivity contribution is 7.90. The van der Waals surface area contributed by atoms with E-state index in [0.29, 0.717) is 17.0 Å². The van der Waals surface area contributed by atoms with E-state index in [2.05, 4.69) is 15.1 Å². The van der Waals surface area contributed by atoms with Gasteiger partial charge in [0.05, 0.1) is 10.5 Å². The summed E-state index contributed by atoms with van der Waals surface area (Å²) in [4.78, 5) is 20.7. The zero-order valence-electron chi connectivity index (χ0n) is 14.9. The second-order valence-corrected chi connectivity index (χ2v) is 8.01. The van der Waals surface area contributed by atoms with E-state index in [9.17, 15) is 13.2 Å². The van der Waals surface area contributed by atoms with Gasteiger partial charge >= 0.3 is 5.97 Å². The SMILES string of the molecule is Cc1ccc(S(C)(=O)=O)cc1C(=O)O[C@@H](C)c1nc(-c2cccnc2)no1. The molecule has 0 unspecified atom stereocenters. The number of aryl methyl sites for hydroxylation is 1. The molecule has 3 rings (SSSR count). The van der Waals surface area contributed by atoms with Crippen LogP contribution in [0.4, 0.5) is 0 Å². The molecule has 0 spiro atoms. The molecule has 0 saturated carbocycles. The van der Waals surface area contributed by atoms with E-state index in [1.807, 2.05) is 0 Å². The Morgan fingerprint density at radius 1 is 1.26 bits per heavy atom. The van der Waals surface area contributed by atoms with Crippen molar-refractivity contribution in [3.8, 4) is 11.4 Å². The Balaban J connectivity index is 1.80. The second-order valence-electron chi connectivity index (χ2n) is 5.99. The molecule has 0 aliphatic heterocycles. The molecule has 140 valence electrons. The molecule has 0 fully saturated rings. The lowest BCUT2D eigenvalue weighted by Gasteiger charge is -2.11. The first-order valence-corrected chi connectivity index (χ1v) is 9.90. The molecule has 2 aromatic heterocycles. The highest BCUT2D eigenvalue weighted by Crippen LogP contribution is 2.23. The largest absolute Gasteiger partial charge is 0.449 e. The highest BCUT2D eigenvalue weighted by Gasteiger charge is 2.22. The van der Waals surface area contributed by atoms with Crippen LogP contribution >= 0.6 is 0 Å². The van der Waals surface area contributed by atoms with Crippen molar-refractivity contribution < 1.29 is 22.5 Å². The van der Waals surface area contributed by atoms with Gasteiger partial charge in [0.25, 0.3) is 5.89 Å². The van der Waals surface area contributed by atoms with Gasteiger partial charge < -0.3 is 9.26 Å². The van der Waals surface area contributed by atoms with Gasteiger partial charge in [-0.05, 0) is 43.7 Å². The van der Waals surface area contributed by atoms with Crippen molar-refractivity contribution in [2.45, 2.75) is 24.8 Å². The van der Waals surface area contributed by atoms with E-state index in [4.69, 9.17) is 9.26 Å². The minimum absolute atomic E-state index is 0.0457. The van der Waals surface area contributed by atoms with Crippen LogP contribution < -0.4 is 0 Å². The fraction of sp³-hybridized carbons (Fsp3) is 0.222. The molecule has 0 aliphatic carbocycles. The van der Waals surface area contributed by atoms with Gasteiger partial charge in [-0.25, -0.2) is 13.2 Å². The van der Waals surface area contributed by atoms with Crippen molar-refractivity contribution in [1.29, 1.82) is 0 Å². The summed E-state index contributed by atoms with van der Waals surface area (Å²) in [5, 5.41) is 3.85. The number of rotatable bonds is 5. The van der Waals surface area contributed by atoms with Gasteiger partial charge in [-0.15, -0.1) is 0 Å². The lowest BCUT2D eigenvalue weighted by Crippen LogP contribution is -2.12. The third-order valence-electron chi connectivity index (χ3n) is 3.85. The summed E-state index contributed by atoms with van der Waals surface area (Å²) in [6.07, 6.45) is 3.48. The standard InChI is InChI=1S/C18H17N3O5S/c1-11-6-7-14(27(3,23)24)9-15(11)18(22)25-12(2)17-20-16(21-26-17)13-5-4-8-19-10-13/h4-10,12H,1-3H3/t12-/m0/s1. The van der Waals surface area contributed by atoms with Crippen molar-refractivity contribution in [1.82, 2.24) is 15.1 Å². The highest BCUT2D eigenvalue weighted by atomic mass is 32.2. The number of benzene rings is 1. The number of sulfone groups is 1. The predicted molar refractivity (Wildman–Crippen MR) is 95.6 cm³/mol. The summed E-state index contributed by atoms with van der Waals surface area (Å²) in [7, 11) is -3.44. The fourth-order valence-corrected chi connectivity index (χ4v) is 2.99. The Kier molecular flexibility index (Phi) is 5.04. The van der Waals surface area contributed by atoms with Crippen LogP contribution in [0.15, 0.2) is 52.1 Å². The monoisotopic (exact) mass is 387 g/mol. The van der Waals surface area contributed by atoms with E-state index >= 15 is 0 Å². The van der Waals surface area contributed by atoms with Crippen LogP contribution in [-0.2, 0) is 14.6 Å². The first-order valence-electron chi connectivity index (χ1n) is 8.01. The molecule has 1 atom stereocenters. The topological polar surface area (TPSA) is 112 Å². The zero-order valence-corrected chi connectivity index (χ0v) is 15.7. The number of hydrogen-bond donors (Lipinski definition) is 0. The first kappa shape index (κ1) is 18.7. The third kappa shape index (κ3) is 4.20. The van der Waals surface area contributed by atoms with Gasteiger partial charge in [0.1, 0.15) is 0 Å². The van der Waals surface area contributed by atoms with Gasteiger partial charge in [0.15, 0.2) is 15.9 Å². The molecule has 0 radical (unpaired) electrons. The maximum absolute atomic E-state index is 12.5.